The van der Waals surface area contributed by atoms with Crippen LogP contribution < -0.4 is 20.6 Å². The molecule has 2 N–H and O–H groups in total. The summed E-state index contributed by atoms with van der Waals surface area (Å²) in [6.07, 6.45) is 1.35. The van der Waals surface area contributed by atoms with Crippen molar-refractivity contribution in [1.82, 2.24) is 10.7 Å². The van der Waals surface area contributed by atoms with Crippen LogP contribution in [0.5, 0.6) is 5.75 Å². The molecule has 0 spiro atoms. The Labute approximate surface area is 155 Å². The molecule has 8 heteroatoms. The summed E-state index contributed by atoms with van der Waals surface area (Å²) >= 11 is 0. The van der Waals surface area contributed by atoms with Gasteiger partial charge >= 0.3 is 0 Å². The van der Waals surface area contributed by atoms with Crippen molar-refractivity contribution in [3.8, 4) is 5.75 Å². The summed E-state index contributed by atoms with van der Waals surface area (Å²) in [6, 6.07) is 13.0. The quantitative estimate of drug-likeness (QED) is 0.502. The summed E-state index contributed by atoms with van der Waals surface area (Å²) in [6.45, 7) is 1.46. The Hall–Kier alpha value is -3.68. The molecular weight excluding hydrogens is 350 g/mol. The molecule has 27 heavy (non-hydrogen) atoms. The van der Waals surface area contributed by atoms with Gasteiger partial charge in [0.05, 0.1) is 18.7 Å². The molecule has 2 amide bonds. The van der Waals surface area contributed by atoms with Gasteiger partial charge in [-0.2, -0.15) is 5.10 Å². The molecule has 0 aliphatic heterocycles. The molecule has 0 heterocycles. The van der Waals surface area contributed by atoms with Crippen molar-refractivity contribution in [3.63, 3.8) is 0 Å². The highest BCUT2D eigenvalue weighted by Gasteiger charge is 2.06. The van der Waals surface area contributed by atoms with Crippen LogP contribution in [-0.4, -0.2) is 37.1 Å². The molecule has 2 aromatic rings. The number of carboxylic acid groups (broad SMARTS) is 1. The topological polar surface area (TPSA) is 120 Å². The monoisotopic (exact) mass is 368 g/mol. The number of carboxylic acids is 1. The van der Waals surface area contributed by atoms with E-state index < -0.39 is 17.8 Å². The highest BCUT2D eigenvalue weighted by Crippen LogP contribution is 2.11. The van der Waals surface area contributed by atoms with E-state index in [9.17, 15) is 19.5 Å². The summed E-state index contributed by atoms with van der Waals surface area (Å²) < 4.78 is 5.33. The first kappa shape index (κ1) is 19.6. The van der Waals surface area contributed by atoms with E-state index in [1.54, 1.807) is 12.1 Å². The number of hydrazone groups is 1. The van der Waals surface area contributed by atoms with Crippen LogP contribution in [0.25, 0.3) is 0 Å². The second-order valence-electron chi connectivity index (χ2n) is 5.58. The molecule has 8 nitrogen and oxygen atoms in total. The Morgan fingerprint density at radius 2 is 1.85 bits per heavy atom. The third-order valence-electron chi connectivity index (χ3n) is 3.35. The molecule has 140 valence electrons. The summed E-state index contributed by atoms with van der Waals surface area (Å²) in [5.41, 5.74) is 3.91. The molecule has 0 radical (unpaired) electrons. The van der Waals surface area contributed by atoms with Crippen LogP contribution in [0.15, 0.2) is 53.6 Å². The number of ether oxygens (including phenoxy) is 1. The van der Waals surface area contributed by atoms with E-state index in [2.05, 4.69) is 15.8 Å². The zero-order valence-electron chi connectivity index (χ0n) is 14.6. The zero-order chi connectivity index (χ0) is 19.6. The van der Waals surface area contributed by atoms with Gasteiger partial charge in [-0.3, -0.25) is 9.59 Å². The summed E-state index contributed by atoms with van der Waals surface area (Å²) in [5, 5.41) is 16.8. The molecule has 2 aromatic carbocycles. The lowest BCUT2D eigenvalue weighted by Gasteiger charge is -2.07. The molecule has 2 rings (SSSR count). The highest BCUT2D eigenvalue weighted by molar-refractivity contribution is 5.89. The Morgan fingerprint density at radius 1 is 1.11 bits per heavy atom. The van der Waals surface area contributed by atoms with Gasteiger partial charge in [-0.25, -0.2) is 5.43 Å². The maximum absolute atomic E-state index is 11.7. The Bertz CT molecular complexity index is 847. The lowest BCUT2D eigenvalue weighted by Crippen LogP contribution is -2.37. The van der Waals surface area contributed by atoms with Crippen LogP contribution in [0.4, 0.5) is 0 Å². The summed E-state index contributed by atoms with van der Waals surface area (Å²) in [5.74, 6) is -1.65. The molecule has 0 saturated carbocycles. The average molecular weight is 368 g/mol. The number of benzene rings is 2. The van der Waals surface area contributed by atoms with Crippen molar-refractivity contribution in [1.29, 1.82) is 0 Å². The van der Waals surface area contributed by atoms with Gasteiger partial charge in [-0.15, -0.1) is 0 Å². The number of aryl methyl sites for hydroxylation is 1. The van der Waals surface area contributed by atoms with Gasteiger partial charge in [0.1, 0.15) is 5.75 Å². The standard InChI is InChI=1S/C19H19N3O5/c1-13-3-2-4-16(9-13)27-12-18(24)20-11-17(23)22-21-10-14-5-7-15(8-6-14)19(25)26/h2-10H,11-12H2,1H3,(H,20,24)(H,22,23)(H,25,26)/p-1. The van der Waals surface area contributed by atoms with E-state index >= 15 is 0 Å². The predicted molar refractivity (Wildman–Crippen MR) is 96.2 cm³/mol. The molecule has 0 aromatic heterocycles. The number of hydrogen-bond acceptors (Lipinski definition) is 6. The number of rotatable bonds is 8. The lowest BCUT2D eigenvalue weighted by molar-refractivity contribution is -0.255. The SMILES string of the molecule is Cc1cccc(OCC(=O)NCC(=O)NN=Cc2ccc(C(=O)[O-])cc2)c1. The number of aromatic carboxylic acids is 1. The third-order valence-corrected chi connectivity index (χ3v) is 3.35. The fraction of sp³-hybridized carbons (Fsp3) is 0.158. The van der Waals surface area contributed by atoms with Crippen LogP contribution in [0.2, 0.25) is 0 Å². The molecule has 0 aliphatic rings. The number of carbonyl (C=O) groups excluding carboxylic acids is 3. The number of amides is 2. The van der Waals surface area contributed by atoms with Crippen LogP contribution in [0.1, 0.15) is 21.5 Å². The molecule has 0 bridgehead atoms. The van der Waals surface area contributed by atoms with Crippen LogP contribution >= 0.6 is 0 Å². The van der Waals surface area contributed by atoms with Crippen molar-refractivity contribution in [2.75, 3.05) is 13.2 Å². The van der Waals surface area contributed by atoms with Gasteiger partial charge in [0.25, 0.3) is 11.8 Å². The van der Waals surface area contributed by atoms with Crippen LogP contribution in [0, 0.1) is 6.92 Å². The Kier molecular flexibility index (Phi) is 7.07. The lowest BCUT2D eigenvalue weighted by atomic mass is 10.1. The van der Waals surface area contributed by atoms with E-state index in [4.69, 9.17) is 4.74 Å². The highest BCUT2D eigenvalue weighted by atomic mass is 16.5. The van der Waals surface area contributed by atoms with E-state index in [0.717, 1.165) is 5.56 Å². The first-order valence-corrected chi connectivity index (χ1v) is 8.03. The average Bonchev–Trinajstić information content (AvgIpc) is 2.65. The van der Waals surface area contributed by atoms with Crippen molar-refractivity contribution in [2.45, 2.75) is 6.92 Å². The van der Waals surface area contributed by atoms with E-state index in [0.29, 0.717) is 11.3 Å². The minimum atomic E-state index is -1.27. The van der Waals surface area contributed by atoms with E-state index in [1.165, 1.54) is 30.5 Å². The van der Waals surface area contributed by atoms with Gasteiger partial charge in [0.15, 0.2) is 6.61 Å². The van der Waals surface area contributed by atoms with Crippen LogP contribution in [0.3, 0.4) is 0 Å². The minimum absolute atomic E-state index is 0.0479. The number of carbonyl (C=O) groups is 3. The molecule has 0 atom stereocenters. The van der Waals surface area contributed by atoms with Crippen LogP contribution in [-0.2, 0) is 9.59 Å². The Morgan fingerprint density at radius 3 is 2.52 bits per heavy atom. The molecule has 0 unspecified atom stereocenters. The van der Waals surface area contributed by atoms with E-state index in [1.807, 2.05) is 19.1 Å². The number of hydrogen-bond donors (Lipinski definition) is 2. The van der Waals surface area contributed by atoms with Crippen molar-refractivity contribution >= 4 is 24.0 Å². The largest absolute Gasteiger partial charge is 0.545 e. The molecule has 0 saturated heterocycles. The molecular formula is C19H18N3O5-. The summed E-state index contributed by atoms with van der Waals surface area (Å²) in [7, 11) is 0. The first-order chi connectivity index (χ1) is 12.9. The minimum Gasteiger partial charge on any atom is -0.545 e. The number of nitrogens with zero attached hydrogens (tertiary/aromatic N) is 1. The third kappa shape index (κ3) is 6.99. The van der Waals surface area contributed by atoms with Crippen molar-refractivity contribution in [2.24, 2.45) is 5.10 Å². The maximum Gasteiger partial charge on any atom is 0.259 e. The second-order valence-corrected chi connectivity index (χ2v) is 5.58. The van der Waals surface area contributed by atoms with Gasteiger partial charge in [-0.05, 0) is 35.7 Å². The fourth-order valence-corrected chi connectivity index (χ4v) is 2.01. The first-order valence-electron chi connectivity index (χ1n) is 8.03. The Balaban J connectivity index is 1.69. The molecule has 0 fully saturated rings. The van der Waals surface area contributed by atoms with Crippen molar-refractivity contribution < 1.29 is 24.2 Å². The van der Waals surface area contributed by atoms with Gasteiger partial charge in [0.2, 0.25) is 0 Å². The molecule has 0 aliphatic carbocycles. The maximum atomic E-state index is 11.7. The smallest absolute Gasteiger partial charge is 0.259 e. The van der Waals surface area contributed by atoms with Gasteiger partial charge in [-0.1, -0.05) is 36.4 Å². The van der Waals surface area contributed by atoms with Gasteiger partial charge < -0.3 is 20.0 Å². The number of nitrogens with one attached hydrogen (secondary N) is 2. The summed E-state index contributed by atoms with van der Waals surface area (Å²) in [4.78, 5) is 34.0. The van der Waals surface area contributed by atoms with Crippen molar-refractivity contribution in [3.05, 3.63) is 65.2 Å². The fourth-order valence-electron chi connectivity index (χ4n) is 2.01. The normalized spacial score (nSPS) is 10.4. The predicted octanol–water partition coefficient (Wildman–Crippen LogP) is 0.00382. The van der Waals surface area contributed by atoms with Gasteiger partial charge in [0, 0.05) is 0 Å². The zero-order valence-corrected chi connectivity index (χ0v) is 14.6. The second kappa shape index (κ2) is 9.71. The van der Waals surface area contributed by atoms with E-state index in [-0.39, 0.29) is 18.7 Å².